The van der Waals surface area contributed by atoms with Gasteiger partial charge in [-0.15, -0.1) is 0 Å². The Bertz CT molecular complexity index is 585. The van der Waals surface area contributed by atoms with Gasteiger partial charge in [-0.05, 0) is 13.3 Å². The summed E-state index contributed by atoms with van der Waals surface area (Å²) in [6.07, 6.45) is 0.659. The van der Waals surface area contributed by atoms with Crippen LogP contribution in [0.2, 0.25) is 0 Å². The monoisotopic (exact) mass is 382 g/mol. The Labute approximate surface area is 160 Å². The zero-order valence-electron chi connectivity index (χ0n) is 16.8. The van der Waals surface area contributed by atoms with Crippen LogP contribution in [0.25, 0.3) is 0 Å². The van der Waals surface area contributed by atoms with E-state index in [1.165, 1.54) is 0 Å². The molecule has 152 valence electrons. The lowest BCUT2D eigenvalue weighted by Crippen LogP contribution is -2.22. The predicted octanol–water partition coefficient (Wildman–Crippen LogP) is 2.80. The van der Waals surface area contributed by atoms with E-state index in [2.05, 4.69) is 0 Å². The number of methoxy groups -OCH3 is 2. The van der Waals surface area contributed by atoms with Crippen LogP contribution in [0.1, 0.15) is 37.0 Å². The van der Waals surface area contributed by atoms with Crippen LogP contribution in [0.5, 0.6) is 5.75 Å². The maximum Gasteiger partial charge on any atom is 0.344 e. The smallest absolute Gasteiger partial charge is 0.344 e. The molecule has 1 unspecified atom stereocenters. The summed E-state index contributed by atoms with van der Waals surface area (Å²) in [5.74, 6) is -0.572. The highest BCUT2D eigenvalue weighted by molar-refractivity contribution is 5.77. The number of hydrogen-bond donors (Lipinski definition) is 0. The molecular formula is C20H30O7. The average molecular weight is 382 g/mol. The summed E-state index contributed by atoms with van der Waals surface area (Å²) in [7, 11) is 3.23. The number of ether oxygens (including phenoxy) is 5. The minimum Gasteiger partial charge on any atom is -0.489 e. The van der Waals surface area contributed by atoms with Crippen molar-refractivity contribution in [1.29, 1.82) is 0 Å². The molecule has 0 aromatic heterocycles. The van der Waals surface area contributed by atoms with Gasteiger partial charge in [0.05, 0.1) is 19.1 Å². The third-order valence-electron chi connectivity index (χ3n) is 3.93. The van der Waals surface area contributed by atoms with Crippen LogP contribution in [-0.4, -0.2) is 46.0 Å². The fourth-order valence-corrected chi connectivity index (χ4v) is 2.42. The summed E-state index contributed by atoms with van der Waals surface area (Å²) < 4.78 is 26.2. The van der Waals surface area contributed by atoms with Gasteiger partial charge in [-0.2, -0.15) is 0 Å². The molecule has 0 fully saturated rings. The zero-order valence-corrected chi connectivity index (χ0v) is 16.8. The molecule has 7 nitrogen and oxygen atoms in total. The molecule has 7 heteroatoms. The predicted molar refractivity (Wildman–Crippen MR) is 99.5 cm³/mol. The normalized spacial score (nSPS) is 11.7. The number of benzene rings is 1. The van der Waals surface area contributed by atoms with Crippen molar-refractivity contribution in [3.05, 3.63) is 28.8 Å². The van der Waals surface area contributed by atoms with Gasteiger partial charge < -0.3 is 23.7 Å². The fourth-order valence-electron chi connectivity index (χ4n) is 2.42. The average Bonchev–Trinajstić information content (AvgIpc) is 2.64. The Balaban J connectivity index is 2.53. The Morgan fingerprint density at radius 3 is 2.11 bits per heavy atom. The Morgan fingerprint density at radius 2 is 1.59 bits per heavy atom. The topological polar surface area (TPSA) is 80.3 Å². The van der Waals surface area contributed by atoms with E-state index >= 15 is 0 Å². The summed E-state index contributed by atoms with van der Waals surface area (Å²) in [5, 5.41) is 0. The minimum atomic E-state index is -0.603. The summed E-state index contributed by atoms with van der Waals surface area (Å²) in [6, 6.07) is 3.97. The molecule has 0 N–H and O–H groups in total. The first-order chi connectivity index (χ1) is 12.9. The molecule has 0 saturated heterocycles. The van der Waals surface area contributed by atoms with Gasteiger partial charge in [0, 0.05) is 25.3 Å². The lowest BCUT2D eigenvalue weighted by atomic mass is 10.1. The van der Waals surface area contributed by atoms with Crippen molar-refractivity contribution in [2.75, 3.05) is 34.0 Å². The number of rotatable bonds is 12. The van der Waals surface area contributed by atoms with E-state index in [9.17, 15) is 9.59 Å². The van der Waals surface area contributed by atoms with Gasteiger partial charge in [0.15, 0.2) is 6.61 Å². The molecule has 0 heterocycles. The van der Waals surface area contributed by atoms with Crippen molar-refractivity contribution in [2.45, 2.75) is 40.4 Å². The molecule has 0 aliphatic carbocycles. The molecule has 0 saturated carbocycles. The van der Waals surface area contributed by atoms with E-state index in [-0.39, 0.29) is 19.1 Å². The lowest BCUT2D eigenvalue weighted by molar-refractivity contribution is -0.161. The molecule has 27 heavy (non-hydrogen) atoms. The van der Waals surface area contributed by atoms with Crippen LogP contribution in [0.3, 0.4) is 0 Å². The van der Waals surface area contributed by atoms with E-state index in [0.29, 0.717) is 25.4 Å². The first-order valence-electron chi connectivity index (χ1n) is 8.98. The Morgan fingerprint density at radius 1 is 1.00 bits per heavy atom. The molecule has 0 radical (unpaired) electrons. The van der Waals surface area contributed by atoms with Crippen molar-refractivity contribution < 1.29 is 33.3 Å². The highest BCUT2D eigenvalue weighted by Crippen LogP contribution is 2.27. The number of esters is 2. The van der Waals surface area contributed by atoms with Crippen LogP contribution in [-0.2, 0) is 41.8 Å². The Kier molecular flexibility index (Phi) is 10.4. The highest BCUT2D eigenvalue weighted by Gasteiger charge is 2.15. The van der Waals surface area contributed by atoms with Crippen LogP contribution >= 0.6 is 0 Å². The molecule has 0 aliphatic heterocycles. The van der Waals surface area contributed by atoms with E-state index in [0.717, 1.165) is 16.7 Å². The molecule has 1 aromatic rings. The van der Waals surface area contributed by atoms with Crippen molar-refractivity contribution in [3.8, 4) is 5.75 Å². The molecule has 0 aliphatic rings. The van der Waals surface area contributed by atoms with Crippen LogP contribution in [0.4, 0.5) is 0 Å². The second-order valence-corrected chi connectivity index (χ2v) is 6.26. The van der Waals surface area contributed by atoms with Gasteiger partial charge in [-0.25, -0.2) is 4.79 Å². The number of carbonyl (C=O) groups is 2. The first kappa shape index (κ1) is 22.9. The third kappa shape index (κ3) is 7.97. The quantitative estimate of drug-likeness (QED) is 0.406. The first-order valence-corrected chi connectivity index (χ1v) is 8.98. The molecular weight excluding hydrogens is 352 g/mol. The third-order valence-corrected chi connectivity index (χ3v) is 3.93. The number of aryl methyl sites for hydroxylation is 1. The number of carbonyl (C=O) groups excluding carboxylic acids is 2. The van der Waals surface area contributed by atoms with Crippen LogP contribution in [0, 0.1) is 12.8 Å². The van der Waals surface area contributed by atoms with Crippen molar-refractivity contribution in [3.63, 3.8) is 0 Å². The van der Waals surface area contributed by atoms with Gasteiger partial charge in [0.2, 0.25) is 0 Å². The molecule has 1 aromatic carbocycles. The molecule has 0 amide bonds. The minimum absolute atomic E-state index is 0.0481. The van der Waals surface area contributed by atoms with Crippen molar-refractivity contribution in [2.24, 2.45) is 5.92 Å². The van der Waals surface area contributed by atoms with Crippen LogP contribution in [0.15, 0.2) is 12.1 Å². The van der Waals surface area contributed by atoms with E-state index in [1.54, 1.807) is 21.1 Å². The fraction of sp³-hybridized carbons (Fsp3) is 0.600. The van der Waals surface area contributed by atoms with Crippen LogP contribution < -0.4 is 4.74 Å². The second-order valence-electron chi connectivity index (χ2n) is 6.26. The summed E-state index contributed by atoms with van der Waals surface area (Å²) in [6.45, 7) is 6.24. The van der Waals surface area contributed by atoms with Gasteiger partial charge in [-0.3, -0.25) is 4.79 Å². The maximum atomic E-state index is 11.7. The second kappa shape index (κ2) is 12.3. The standard InChI is InChI=1S/C20H30O7/c1-6-15(3)20(22)27-13-18(21)25-7-8-26-19-16(11-23-4)9-14(2)10-17(19)12-24-5/h9-10,15H,6-8,11-13H2,1-5H3. The summed E-state index contributed by atoms with van der Waals surface area (Å²) in [4.78, 5) is 23.2. The highest BCUT2D eigenvalue weighted by atomic mass is 16.6. The van der Waals surface area contributed by atoms with Crippen molar-refractivity contribution in [1.82, 2.24) is 0 Å². The van der Waals surface area contributed by atoms with E-state index in [4.69, 9.17) is 23.7 Å². The largest absolute Gasteiger partial charge is 0.489 e. The van der Waals surface area contributed by atoms with E-state index in [1.807, 2.05) is 26.0 Å². The molecule has 0 spiro atoms. The van der Waals surface area contributed by atoms with E-state index < -0.39 is 18.5 Å². The molecule has 1 atom stereocenters. The zero-order chi connectivity index (χ0) is 20.2. The van der Waals surface area contributed by atoms with Gasteiger partial charge in [-0.1, -0.05) is 31.5 Å². The number of hydrogen-bond acceptors (Lipinski definition) is 7. The molecule has 1 rings (SSSR count). The lowest BCUT2D eigenvalue weighted by Gasteiger charge is -2.17. The SMILES string of the molecule is CCC(C)C(=O)OCC(=O)OCCOc1c(COC)cc(C)cc1COC. The van der Waals surface area contributed by atoms with Crippen molar-refractivity contribution >= 4 is 11.9 Å². The van der Waals surface area contributed by atoms with Gasteiger partial charge in [0.1, 0.15) is 19.0 Å². The summed E-state index contributed by atoms with van der Waals surface area (Å²) in [5.41, 5.74) is 2.88. The van der Waals surface area contributed by atoms with Gasteiger partial charge >= 0.3 is 11.9 Å². The Hall–Kier alpha value is -2.12. The van der Waals surface area contributed by atoms with Gasteiger partial charge in [0.25, 0.3) is 0 Å². The summed E-state index contributed by atoms with van der Waals surface area (Å²) >= 11 is 0. The molecule has 0 bridgehead atoms. The maximum absolute atomic E-state index is 11.7.